The highest BCUT2D eigenvalue weighted by Gasteiger charge is 2.44. The second kappa shape index (κ2) is 7.90. The largest absolute Gasteiger partial charge is 0.503 e. The molecule has 2 atom stereocenters. The highest BCUT2D eigenvalue weighted by molar-refractivity contribution is 9.10. The van der Waals surface area contributed by atoms with Crippen molar-refractivity contribution < 1.29 is 28.2 Å². The van der Waals surface area contributed by atoms with E-state index in [0.29, 0.717) is 16.6 Å². The SMILES string of the molecule is COc1cc(C2c3c(oc4ccc(F)cc4c3=O)C(=O)N2CC2CCCO2)cc(Br)c1O. The third-order valence-electron chi connectivity index (χ3n) is 5.94. The van der Waals surface area contributed by atoms with Gasteiger partial charge >= 0.3 is 0 Å². The number of fused-ring (bicyclic) bond motifs is 2. The average molecular weight is 504 g/mol. The second-order valence-corrected chi connectivity index (χ2v) is 8.72. The number of amides is 1. The minimum atomic E-state index is -0.809. The molecule has 0 saturated carbocycles. The lowest BCUT2D eigenvalue weighted by molar-refractivity contribution is 0.0486. The van der Waals surface area contributed by atoms with E-state index in [2.05, 4.69) is 15.9 Å². The first-order valence-corrected chi connectivity index (χ1v) is 10.9. The fraction of sp³-hybridized carbons (Fsp3) is 0.304. The average Bonchev–Trinajstić information content (AvgIpc) is 3.38. The Morgan fingerprint density at radius 2 is 2.09 bits per heavy atom. The van der Waals surface area contributed by atoms with Crippen LogP contribution in [-0.4, -0.2) is 42.3 Å². The van der Waals surface area contributed by atoms with Crippen LogP contribution in [0.15, 0.2) is 44.0 Å². The fourth-order valence-electron chi connectivity index (χ4n) is 4.44. The first kappa shape index (κ1) is 21.0. The van der Waals surface area contributed by atoms with Crippen LogP contribution < -0.4 is 10.2 Å². The van der Waals surface area contributed by atoms with Gasteiger partial charge in [0.1, 0.15) is 11.4 Å². The summed E-state index contributed by atoms with van der Waals surface area (Å²) in [4.78, 5) is 28.4. The van der Waals surface area contributed by atoms with Gasteiger partial charge in [0.05, 0.1) is 34.7 Å². The number of benzene rings is 2. The van der Waals surface area contributed by atoms with Gasteiger partial charge in [-0.25, -0.2) is 4.39 Å². The van der Waals surface area contributed by atoms with Crippen molar-refractivity contribution in [1.29, 1.82) is 0 Å². The first-order chi connectivity index (χ1) is 15.4. The van der Waals surface area contributed by atoms with Gasteiger partial charge in [-0.05, 0) is 64.7 Å². The number of methoxy groups -OCH3 is 1. The van der Waals surface area contributed by atoms with E-state index in [9.17, 15) is 19.1 Å². The minimum absolute atomic E-state index is 0.0605. The molecule has 0 spiro atoms. The van der Waals surface area contributed by atoms with Gasteiger partial charge in [-0.3, -0.25) is 9.59 Å². The van der Waals surface area contributed by atoms with Crippen molar-refractivity contribution in [1.82, 2.24) is 4.90 Å². The molecule has 2 aromatic carbocycles. The Hall–Kier alpha value is -2.91. The Morgan fingerprint density at radius 3 is 2.81 bits per heavy atom. The number of hydrogen-bond donors (Lipinski definition) is 1. The molecule has 7 nitrogen and oxygen atoms in total. The normalized spacial score (nSPS) is 20.2. The Morgan fingerprint density at radius 1 is 1.28 bits per heavy atom. The summed E-state index contributed by atoms with van der Waals surface area (Å²) in [6.07, 6.45) is 1.52. The van der Waals surface area contributed by atoms with Crippen LogP contribution in [0.2, 0.25) is 0 Å². The van der Waals surface area contributed by atoms with E-state index >= 15 is 0 Å². The van der Waals surface area contributed by atoms with Crippen molar-refractivity contribution in [3.63, 3.8) is 0 Å². The van der Waals surface area contributed by atoms with Crippen LogP contribution >= 0.6 is 15.9 Å². The number of hydrogen-bond acceptors (Lipinski definition) is 6. The number of rotatable bonds is 4. The van der Waals surface area contributed by atoms with Crippen molar-refractivity contribution in [3.8, 4) is 11.5 Å². The number of halogens is 2. The molecule has 0 aliphatic carbocycles. The molecule has 3 heterocycles. The first-order valence-electron chi connectivity index (χ1n) is 10.1. The van der Waals surface area contributed by atoms with E-state index in [4.69, 9.17) is 13.9 Å². The lowest BCUT2D eigenvalue weighted by atomic mass is 9.97. The summed E-state index contributed by atoms with van der Waals surface area (Å²) >= 11 is 3.31. The molecule has 2 unspecified atom stereocenters. The lowest BCUT2D eigenvalue weighted by Gasteiger charge is -2.28. The van der Waals surface area contributed by atoms with Crippen molar-refractivity contribution in [3.05, 3.63) is 67.7 Å². The van der Waals surface area contributed by atoms with Gasteiger partial charge in [0.25, 0.3) is 5.91 Å². The molecule has 1 amide bonds. The number of carbonyl (C=O) groups is 1. The Labute approximate surface area is 190 Å². The van der Waals surface area contributed by atoms with Gasteiger partial charge < -0.3 is 23.9 Å². The standard InChI is InChI=1S/C23H19BrFNO6/c1-30-17-8-11(7-15(24)21(17)28)19-18-20(27)14-9-12(25)4-5-16(14)32-22(18)23(29)26(19)10-13-3-2-6-31-13/h4-5,7-9,13,19,28H,2-3,6,10H2,1H3. The number of phenols is 1. The predicted molar refractivity (Wildman–Crippen MR) is 117 cm³/mol. The van der Waals surface area contributed by atoms with Crippen LogP contribution in [0.4, 0.5) is 4.39 Å². The molecule has 1 N–H and O–H groups in total. The molecule has 166 valence electrons. The Bertz CT molecular complexity index is 1300. The highest BCUT2D eigenvalue weighted by atomic mass is 79.9. The lowest BCUT2D eigenvalue weighted by Crippen LogP contribution is -2.36. The van der Waals surface area contributed by atoms with E-state index in [0.717, 1.165) is 18.9 Å². The van der Waals surface area contributed by atoms with Gasteiger partial charge in [-0.2, -0.15) is 0 Å². The Balaban J connectivity index is 1.74. The van der Waals surface area contributed by atoms with Crippen LogP contribution in [0.3, 0.4) is 0 Å². The van der Waals surface area contributed by atoms with Crippen molar-refractivity contribution >= 4 is 32.8 Å². The maximum Gasteiger partial charge on any atom is 0.291 e. The van der Waals surface area contributed by atoms with Crippen molar-refractivity contribution in [2.24, 2.45) is 0 Å². The summed E-state index contributed by atoms with van der Waals surface area (Å²) in [6, 6.07) is 6.03. The zero-order valence-electron chi connectivity index (χ0n) is 17.1. The predicted octanol–water partition coefficient (Wildman–Crippen LogP) is 4.13. The molecule has 32 heavy (non-hydrogen) atoms. The number of nitrogens with zero attached hydrogens (tertiary/aromatic N) is 1. The summed E-state index contributed by atoms with van der Waals surface area (Å²) in [6.45, 7) is 0.877. The van der Waals surface area contributed by atoms with Crippen LogP contribution in [0.1, 0.15) is 40.6 Å². The van der Waals surface area contributed by atoms with Crippen LogP contribution in [-0.2, 0) is 4.74 Å². The van der Waals surface area contributed by atoms with Crippen LogP contribution in [0, 0.1) is 5.82 Å². The number of phenolic OH excluding ortho intramolecular Hbond substituents is 1. The molecule has 0 radical (unpaired) electrons. The maximum atomic E-state index is 13.9. The summed E-state index contributed by atoms with van der Waals surface area (Å²) in [5.74, 6) is -0.995. The number of aromatic hydroxyl groups is 1. The van der Waals surface area contributed by atoms with E-state index < -0.39 is 23.2 Å². The second-order valence-electron chi connectivity index (χ2n) is 7.86. The van der Waals surface area contributed by atoms with E-state index in [1.54, 1.807) is 17.0 Å². The summed E-state index contributed by atoms with van der Waals surface area (Å²) in [7, 11) is 1.41. The van der Waals surface area contributed by atoms with E-state index in [-0.39, 0.29) is 46.4 Å². The molecule has 0 bridgehead atoms. The van der Waals surface area contributed by atoms with E-state index in [1.165, 1.54) is 19.2 Å². The Kier molecular flexibility index (Phi) is 5.17. The van der Waals surface area contributed by atoms with Gasteiger partial charge in [0.2, 0.25) is 5.76 Å². The molecule has 5 rings (SSSR count). The third-order valence-corrected chi connectivity index (χ3v) is 6.54. The van der Waals surface area contributed by atoms with Gasteiger partial charge in [0, 0.05) is 13.2 Å². The highest BCUT2D eigenvalue weighted by Crippen LogP contribution is 2.43. The molecular formula is C23H19BrFNO6. The zero-order chi connectivity index (χ0) is 22.6. The fourth-order valence-corrected chi connectivity index (χ4v) is 4.90. The molecule has 1 aromatic heterocycles. The molecule has 3 aromatic rings. The molecule has 1 saturated heterocycles. The van der Waals surface area contributed by atoms with E-state index in [1.807, 2.05) is 0 Å². The molecule has 2 aliphatic rings. The monoisotopic (exact) mass is 503 g/mol. The van der Waals surface area contributed by atoms with Crippen LogP contribution in [0.5, 0.6) is 11.5 Å². The minimum Gasteiger partial charge on any atom is -0.503 e. The summed E-state index contributed by atoms with van der Waals surface area (Å²) < 4.78 is 31.0. The van der Waals surface area contributed by atoms with Crippen molar-refractivity contribution in [2.75, 3.05) is 20.3 Å². The number of ether oxygens (including phenoxy) is 2. The third kappa shape index (κ3) is 3.27. The van der Waals surface area contributed by atoms with Crippen LogP contribution in [0.25, 0.3) is 11.0 Å². The van der Waals surface area contributed by atoms with Gasteiger partial charge in [-0.1, -0.05) is 0 Å². The maximum absolute atomic E-state index is 13.9. The smallest absolute Gasteiger partial charge is 0.291 e. The zero-order valence-corrected chi connectivity index (χ0v) is 18.6. The van der Waals surface area contributed by atoms with Gasteiger partial charge in [-0.15, -0.1) is 0 Å². The topological polar surface area (TPSA) is 89.2 Å². The molecule has 9 heteroatoms. The molecule has 1 fully saturated rings. The quantitative estimate of drug-likeness (QED) is 0.575. The summed E-state index contributed by atoms with van der Waals surface area (Å²) in [5.41, 5.74) is 0.341. The summed E-state index contributed by atoms with van der Waals surface area (Å²) in [5, 5.41) is 10.3. The molecule has 2 aliphatic heterocycles. The molecular weight excluding hydrogens is 485 g/mol. The van der Waals surface area contributed by atoms with Crippen molar-refractivity contribution in [2.45, 2.75) is 25.0 Å². The number of carbonyl (C=O) groups excluding carboxylic acids is 1. The van der Waals surface area contributed by atoms with Gasteiger partial charge in [0.15, 0.2) is 16.9 Å².